The Labute approximate surface area is 119 Å². The largest absolute Gasteiger partial charge is 0.327 e. The molecule has 1 aliphatic rings. The first-order valence-electron chi connectivity index (χ1n) is 6.47. The lowest BCUT2D eigenvalue weighted by Crippen LogP contribution is -2.35. The lowest BCUT2D eigenvalue weighted by atomic mass is 10.2. The Balaban J connectivity index is 2.27. The van der Waals surface area contributed by atoms with Gasteiger partial charge in [0.2, 0.25) is 15.9 Å². The molecule has 2 rings (SSSR count). The minimum absolute atomic E-state index is 0.0329. The van der Waals surface area contributed by atoms with E-state index in [0.717, 1.165) is 11.3 Å². The Hall–Kier alpha value is -1.44. The third-order valence-electron chi connectivity index (χ3n) is 3.23. The van der Waals surface area contributed by atoms with E-state index in [1.807, 2.05) is 0 Å². The summed E-state index contributed by atoms with van der Waals surface area (Å²) < 4.78 is 26.7. The number of carbonyl (C=O) groups is 1. The second kappa shape index (κ2) is 5.51. The summed E-state index contributed by atoms with van der Waals surface area (Å²) in [6.07, 6.45) is 0.672. The highest BCUT2D eigenvalue weighted by Gasteiger charge is 2.24. The molecule has 0 fully saturated rings. The monoisotopic (exact) mass is 297 g/mol. The summed E-state index contributed by atoms with van der Waals surface area (Å²) >= 11 is 0. The zero-order valence-electron chi connectivity index (χ0n) is 11.6. The Bertz CT molecular complexity index is 626. The first kappa shape index (κ1) is 15.0. The van der Waals surface area contributed by atoms with Gasteiger partial charge in [-0.25, -0.2) is 13.1 Å². The first-order valence-corrected chi connectivity index (χ1v) is 7.96. The van der Waals surface area contributed by atoms with Crippen LogP contribution in [-0.2, 0) is 21.2 Å². The van der Waals surface area contributed by atoms with Gasteiger partial charge in [0.05, 0.1) is 4.90 Å². The highest BCUT2D eigenvalue weighted by atomic mass is 32.2. The molecule has 0 saturated carbocycles. The standard InChI is InChI=1S/C13H19N3O3S/c1-9(14)8-15-20(18,19)12-3-4-13-11(7-12)5-6-16(13)10(2)17/h3-4,7,9,15H,5-6,8,14H2,1-2H3. The second-order valence-corrected chi connectivity index (χ2v) is 6.81. The number of amides is 1. The van der Waals surface area contributed by atoms with Gasteiger partial charge in [-0.05, 0) is 37.1 Å². The zero-order valence-corrected chi connectivity index (χ0v) is 12.4. The summed E-state index contributed by atoms with van der Waals surface area (Å²) in [6, 6.07) is 4.59. The Morgan fingerprint density at radius 1 is 1.50 bits per heavy atom. The molecule has 1 aliphatic heterocycles. The van der Waals surface area contributed by atoms with Gasteiger partial charge in [-0.3, -0.25) is 4.79 Å². The molecule has 3 N–H and O–H groups in total. The molecule has 1 aromatic carbocycles. The quantitative estimate of drug-likeness (QED) is 0.831. The third kappa shape index (κ3) is 3.00. The lowest BCUT2D eigenvalue weighted by molar-refractivity contribution is -0.116. The van der Waals surface area contributed by atoms with Crippen LogP contribution in [-0.4, -0.2) is 33.5 Å². The van der Waals surface area contributed by atoms with Crippen molar-refractivity contribution in [2.45, 2.75) is 31.2 Å². The van der Waals surface area contributed by atoms with E-state index in [4.69, 9.17) is 5.73 Å². The summed E-state index contributed by atoms with van der Waals surface area (Å²) in [4.78, 5) is 13.3. The number of nitrogens with one attached hydrogen (secondary N) is 1. The lowest BCUT2D eigenvalue weighted by Gasteiger charge is -2.15. The average molecular weight is 297 g/mol. The number of hydrogen-bond acceptors (Lipinski definition) is 4. The van der Waals surface area contributed by atoms with E-state index in [9.17, 15) is 13.2 Å². The molecule has 110 valence electrons. The fourth-order valence-corrected chi connectivity index (χ4v) is 3.39. The number of carbonyl (C=O) groups excluding carboxylic acids is 1. The maximum Gasteiger partial charge on any atom is 0.240 e. The molecule has 1 amide bonds. The maximum absolute atomic E-state index is 12.1. The SMILES string of the molecule is CC(=O)N1CCc2cc(S(=O)(=O)NCC(C)N)ccc21. The summed E-state index contributed by atoms with van der Waals surface area (Å²) in [6.45, 7) is 4.03. The molecule has 0 aliphatic carbocycles. The van der Waals surface area contributed by atoms with Gasteiger partial charge < -0.3 is 10.6 Å². The summed E-state index contributed by atoms with van der Waals surface area (Å²) in [5, 5.41) is 0. The molecule has 0 saturated heterocycles. The van der Waals surface area contributed by atoms with Crippen LogP contribution in [0.5, 0.6) is 0 Å². The highest BCUT2D eigenvalue weighted by molar-refractivity contribution is 7.89. The molecule has 1 aromatic rings. The van der Waals surface area contributed by atoms with Gasteiger partial charge >= 0.3 is 0 Å². The van der Waals surface area contributed by atoms with Crippen LogP contribution < -0.4 is 15.4 Å². The fraction of sp³-hybridized carbons (Fsp3) is 0.462. The Morgan fingerprint density at radius 3 is 2.80 bits per heavy atom. The number of nitrogens with two attached hydrogens (primary N) is 1. The van der Waals surface area contributed by atoms with Crippen LogP contribution >= 0.6 is 0 Å². The first-order chi connectivity index (χ1) is 9.31. The summed E-state index contributed by atoms with van der Waals surface area (Å²) in [5.41, 5.74) is 7.22. The minimum Gasteiger partial charge on any atom is -0.327 e. The number of benzene rings is 1. The minimum atomic E-state index is -3.55. The number of rotatable bonds is 4. The number of nitrogens with zero attached hydrogens (tertiary/aromatic N) is 1. The van der Waals surface area contributed by atoms with Crippen LogP contribution in [0.3, 0.4) is 0 Å². The molecular formula is C13H19N3O3S. The molecule has 20 heavy (non-hydrogen) atoms. The van der Waals surface area contributed by atoms with E-state index in [0.29, 0.717) is 13.0 Å². The van der Waals surface area contributed by atoms with Gasteiger partial charge in [-0.1, -0.05) is 0 Å². The van der Waals surface area contributed by atoms with E-state index >= 15 is 0 Å². The molecule has 0 spiro atoms. The smallest absolute Gasteiger partial charge is 0.240 e. The number of anilines is 1. The van der Waals surface area contributed by atoms with E-state index in [1.165, 1.54) is 13.0 Å². The highest BCUT2D eigenvalue weighted by Crippen LogP contribution is 2.30. The van der Waals surface area contributed by atoms with E-state index in [1.54, 1.807) is 24.0 Å². The Kier molecular flexibility index (Phi) is 4.12. The molecule has 6 nitrogen and oxygen atoms in total. The average Bonchev–Trinajstić information content (AvgIpc) is 2.79. The van der Waals surface area contributed by atoms with Crippen molar-refractivity contribution in [2.75, 3.05) is 18.0 Å². The second-order valence-electron chi connectivity index (χ2n) is 5.04. The predicted molar refractivity (Wildman–Crippen MR) is 77.0 cm³/mol. The number of fused-ring (bicyclic) bond motifs is 1. The van der Waals surface area contributed by atoms with Crippen LogP contribution in [0.25, 0.3) is 0 Å². The molecule has 1 heterocycles. The third-order valence-corrected chi connectivity index (χ3v) is 4.65. The molecule has 0 aromatic heterocycles. The van der Waals surface area contributed by atoms with Crippen LogP contribution in [0.4, 0.5) is 5.69 Å². The van der Waals surface area contributed by atoms with Crippen molar-refractivity contribution >= 4 is 21.6 Å². The van der Waals surface area contributed by atoms with Crippen LogP contribution in [0.1, 0.15) is 19.4 Å². The van der Waals surface area contributed by atoms with Gasteiger partial charge in [0.1, 0.15) is 0 Å². The normalized spacial score (nSPS) is 16.1. The Morgan fingerprint density at radius 2 is 2.20 bits per heavy atom. The molecule has 0 radical (unpaired) electrons. The van der Waals surface area contributed by atoms with Crippen molar-refractivity contribution in [2.24, 2.45) is 5.73 Å². The number of sulfonamides is 1. The maximum atomic E-state index is 12.1. The molecule has 1 unspecified atom stereocenters. The van der Waals surface area contributed by atoms with E-state index in [2.05, 4.69) is 4.72 Å². The topological polar surface area (TPSA) is 92.5 Å². The van der Waals surface area contributed by atoms with Crippen LogP contribution in [0.2, 0.25) is 0 Å². The van der Waals surface area contributed by atoms with Crippen LogP contribution in [0.15, 0.2) is 23.1 Å². The van der Waals surface area contributed by atoms with Gasteiger partial charge in [-0.2, -0.15) is 0 Å². The van der Waals surface area contributed by atoms with Crippen molar-refractivity contribution in [3.8, 4) is 0 Å². The van der Waals surface area contributed by atoms with Gasteiger partial charge in [0.15, 0.2) is 0 Å². The summed E-state index contributed by atoms with van der Waals surface area (Å²) in [7, 11) is -3.55. The van der Waals surface area contributed by atoms with E-state index in [-0.39, 0.29) is 23.4 Å². The van der Waals surface area contributed by atoms with Gasteiger partial charge in [0.25, 0.3) is 0 Å². The zero-order chi connectivity index (χ0) is 14.9. The molecule has 0 bridgehead atoms. The molecular weight excluding hydrogens is 278 g/mol. The van der Waals surface area contributed by atoms with Crippen LogP contribution in [0, 0.1) is 0 Å². The molecule has 7 heteroatoms. The van der Waals surface area contributed by atoms with Crippen molar-refractivity contribution in [1.29, 1.82) is 0 Å². The predicted octanol–water partition coefficient (Wildman–Crippen LogP) is 0.221. The van der Waals surface area contributed by atoms with E-state index < -0.39 is 10.0 Å². The van der Waals surface area contributed by atoms with Gasteiger partial charge in [-0.15, -0.1) is 0 Å². The number of hydrogen-bond donors (Lipinski definition) is 2. The summed E-state index contributed by atoms with van der Waals surface area (Å²) in [5.74, 6) is -0.0329. The van der Waals surface area contributed by atoms with Crippen molar-refractivity contribution in [3.63, 3.8) is 0 Å². The van der Waals surface area contributed by atoms with Crippen molar-refractivity contribution in [1.82, 2.24) is 4.72 Å². The van der Waals surface area contributed by atoms with Crippen molar-refractivity contribution < 1.29 is 13.2 Å². The van der Waals surface area contributed by atoms with Gasteiger partial charge in [0, 0.05) is 31.7 Å². The fourth-order valence-electron chi connectivity index (χ4n) is 2.20. The molecule has 1 atom stereocenters. The van der Waals surface area contributed by atoms with Crippen molar-refractivity contribution in [3.05, 3.63) is 23.8 Å².